The van der Waals surface area contributed by atoms with E-state index in [1.807, 2.05) is 24.3 Å². The molecule has 1 aromatic rings. The van der Waals surface area contributed by atoms with Gasteiger partial charge in [-0.05, 0) is 25.0 Å². The molecule has 20 heavy (non-hydrogen) atoms. The third-order valence-corrected chi connectivity index (χ3v) is 3.56. The van der Waals surface area contributed by atoms with Gasteiger partial charge in [0.2, 0.25) is 0 Å². The minimum atomic E-state index is -3.80. The molecule has 5 nitrogen and oxygen atoms in total. The third kappa shape index (κ3) is 8.81. The van der Waals surface area contributed by atoms with Crippen LogP contribution in [0, 0.1) is 0 Å². The van der Waals surface area contributed by atoms with Gasteiger partial charge in [-0.3, -0.25) is 4.55 Å². The van der Waals surface area contributed by atoms with Gasteiger partial charge in [0, 0.05) is 6.54 Å². The Morgan fingerprint density at radius 1 is 1.15 bits per heavy atom. The first kappa shape index (κ1) is 19.7. The van der Waals surface area contributed by atoms with Gasteiger partial charge in [0.25, 0.3) is 10.1 Å². The van der Waals surface area contributed by atoms with E-state index in [1.165, 1.54) is 0 Å². The van der Waals surface area contributed by atoms with E-state index < -0.39 is 10.1 Å². The maximum atomic E-state index is 10.5. The number of nitrogens with one attached hydrogen (secondary N) is 1. The first-order valence-corrected chi connectivity index (χ1v) is 7.96. The van der Waals surface area contributed by atoms with E-state index in [2.05, 4.69) is 5.32 Å². The maximum absolute atomic E-state index is 10.5. The SMILES string of the molecule is COc1ccccc1NCCCCCCS(=O)(=O)O.[NaH]. The number of hydrogen-bond acceptors (Lipinski definition) is 4. The molecule has 0 aliphatic rings. The molecule has 0 heterocycles. The van der Waals surface area contributed by atoms with Crippen LogP contribution in [0.25, 0.3) is 0 Å². The van der Waals surface area contributed by atoms with Gasteiger partial charge < -0.3 is 10.1 Å². The summed E-state index contributed by atoms with van der Waals surface area (Å²) >= 11 is 0. The summed E-state index contributed by atoms with van der Waals surface area (Å²) in [4.78, 5) is 0. The second-order valence-electron chi connectivity index (χ2n) is 4.33. The summed E-state index contributed by atoms with van der Waals surface area (Å²) < 4.78 is 34.8. The van der Waals surface area contributed by atoms with Crippen molar-refractivity contribution in [3.05, 3.63) is 24.3 Å². The number of rotatable bonds is 9. The Kier molecular flexibility index (Phi) is 10.3. The van der Waals surface area contributed by atoms with Crippen molar-refractivity contribution < 1.29 is 17.7 Å². The Labute approximate surface area is 143 Å². The molecule has 0 bridgehead atoms. The fourth-order valence-electron chi connectivity index (χ4n) is 1.78. The van der Waals surface area contributed by atoms with E-state index in [9.17, 15) is 8.42 Å². The molecule has 0 atom stereocenters. The molecular weight excluding hydrogens is 289 g/mol. The summed E-state index contributed by atoms with van der Waals surface area (Å²) in [5, 5.41) is 3.28. The summed E-state index contributed by atoms with van der Waals surface area (Å²) in [6, 6.07) is 7.71. The van der Waals surface area contributed by atoms with Crippen LogP contribution in [0.1, 0.15) is 25.7 Å². The van der Waals surface area contributed by atoms with Crippen molar-refractivity contribution in [1.82, 2.24) is 0 Å². The molecule has 110 valence electrons. The van der Waals surface area contributed by atoms with Crippen molar-refractivity contribution in [2.24, 2.45) is 0 Å². The van der Waals surface area contributed by atoms with Gasteiger partial charge in [0.05, 0.1) is 18.6 Å². The molecule has 0 fully saturated rings. The van der Waals surface area contributed by atoms with E-state index in [4.69, 9.17) is 9.29 Å². The summed E-state index contributed by atoms with van der Waals surface area (Å²) in [5.41, 5.74) is 0.961. The monoisotopic (exact) mass is 311 g/mol. The van der Waals surface area contributed by atoms with Gasteiger partial charge in [0.15, 0.2) is 0 Å². The second-order valence-corrected chi connectivity index (χ2v) is 5.90. The predicted molar refractivity (Wildman–Crippen MR) is 83.5 cm³/mol. The minimum absolute atomic E-state index is 0. The van der Waals surface area contributed by atoms with Crippen LogP contribution < -0.4 is 10.1 Å². The zero-order chi connectivity index (χ0) is 14.1. The second kappa shape index (κ2) is 10.5. The van der Waals surface area contributed by atoms with Crippen LogP contribution in [-0.2, 0) is 10.1 Å². The number of methoxy groups -OCH3 is 1. The summed E-state index contributed by atoms with van der Waals surface area (Å²) in [7, 11) is -2.17. The van der Waals surface area contributed by atoms with Crippen LogP contribution >= 0.6 is 0 Å². The number of hydrogen-bond donors (Lipinski definition) is 2. The van der Waals surface area contributed by atoms with Crippen molar-refractivity contribution in [2.75, 3.05) is 24.7 Å². The molecule has 0 amide bonds. The number of para-hydroxylation sites is 2. The fourth-order valence-corrected chi connectivity index (χ4v) is 2.35. The molecule has 0 unspecified atom stereocenters. The normalized spacial score (nSPS) is 10.7. The quantitative estimate of drug-likeness (QED) is 0.414. The predicted octanol–water partition coefficient (Wildman–Crippen LogP) is 1.91. The average molecular weight is 311 g/mol. The van der Waals surface area contributed by atoms with Crippen molar-refractivity contribution in [3.63, 3.8) is 0 Å². The molecule has 0 saturated carbocycles. The van der Waals surface area contributed by atoms with Crippen molar-refractivity contribution in [3.8, 4) is 5.75 Å². The molecule has 0 saturated heterocycles. The van der Waals surface area contributed by atoms with Crippen LogP contribution in [0.4, 0.5) is 5.69 Å². The summed E-state index contributed by atoms with van der Waals surface area (Å²) in [6.45, 7) is 0.812. The van der Waals surface area contributed by atoms with Crippen LogP contribution in [-0.4, -0.2) is 61.9 Å². The van der Waals surface area contributed by atoms with Gasteiger partial charge in [-0.15, -0.1) is 0 Å². The van der Waals surface area contributed by atoms with Gasteiger partial charge in [-0.2, -0.15) is 8.42 Å². The third-order valence-electron chi connectivity index (χ3n) is 2.75. The van der Waals surface area contributed by atoms with E-state index >= 15 is 0 Å². The molecular formula is C13H22NNaO4S. The van der Waals surface area contributed by atoms with Crippen LogP contribution in [0.3, 0.4) is 0 Å². The first-order valence-electron chi connectivity index (χ1n) is 6.35. The zero-order valence-corrected chi connectivity index (χ0v) is 11.9. The molecule has 7 heteroatoms. The molecule has 0 aliphatic heterocycles. The van der Waals surface area contributed by atoms with Gasteiger partial charge in [-0.1, -0.05) is 25.0 Å². The van der Waals surface area contributed by atoms with Crippen LogP contribution in [0.5, 0.6) is 5.75 Å². The standard InChI is InChI=1S/C13H21NO4S.Na.H/c1-18-13-9-5-4-8-12(13)14-10-6-2-3-7-11-19(15,16)17;;/h4-5,8-9,14H,2-3,6-7,10-11H2,1H3,(H,15,16,17);;. The van der Waals surface area contributed by atoms with E-state index in [1.54, 1.807) is 7.11 Å². The van der Waals surface area contributed by atoms with Crippen molar-refractivity contribution in [1.29, 1.82) is 0 Å². The van der Waals surface area contributed by atoms with Crippen LogP contribution in [0.2, 0.25) is 0 Å². The summed E-state index contributed by atoms with van der Waals surface area (Å²) in [6.07, 6.45) is 3.18. The van der Waals surface area contributed by atoms with Crippen molar-refractivity contribution in [2.45, 2.75) is 25.7 Å². The van der Waals surface area contributed by atoms with E-state index in [-0.39, 0.29) is 35.3 Å². The Morgan fingerprint density at radius 3 is 2.45 bits per heavy atom. The number of benzene rings is 1. The molecule has 2 N–H and O–H groups in total. The van der Waals surface area contributed by atoms with Gasteiger partial charge in [-0.25, -0.2) is 0 Å². The number of unbranched alkanes of at least 4 members (excludes halogenated alkanes) is 3. The zero-order valence-electron chi connectivity index (χ0n) is 11.1. The molecule has 0 radical (unpaired) electrons. The fraction of sp³-hybridized carbons (Fsp3) is 0.538. The molecule has 1 rings (SSSR count). The Balaban J connectivity index is 0.00000361. The molecule has 0 aromatic heterocycles. The van der Waals surface area contributed by atoms with Crippen molar-refractivity contribution >= 4 is 45.4 Å². The van der Waals surface area contributed by atoms with Gasteiger partial charge in [0.1, 0.15) is 5.75 Å². The number of ether oxygens (including phenoxy) is 1. The van der Waals surface area contributed by atoms with E-state index in [0.29, 0.717) is 6.42 Å². The van der Waals surface area contributed by atoms with E-state index in [0.717, 1.165) is 37.2 Å². The Hall–Kier alpha value is -0.270. The topological polar surface area (TPSA) is 75.6 Å². The van der Waals surface area contributed by atoms with Crippen LogP contribution in [0.15, 0.2) is 24.3 Å². The summed E-state index contributed by atoms with van der Waals surface area (Å²) in [5.74, 6) is 0.668. The number of anilines is 1. The molecule has 1 aromatic carbocycles. The first-order chi connectivity index (χ1) is 9.03. The Bertz CT molecular complexity index is 479. The average Bonchev–Trinajstić information content (AvgIpc) is 2.37. The van der Waals surface area contributed by atoms with Gasteiger partial charge >= 0.3 is 29.6 Å². The Morgan fingerprint density at radius 2 is 1.80 bits per heavy atom. The molecule has 0 spiro atoms. The molecule has 0 aliphatic carbocycles.